The van der Waals surface area contributed by atoms with Gasteiger partial charge in [-0.05, 0) is 30.3 Å². The average molecular weight is 384 g/mol. The molecule has 0 aliphatic carbocycles. The van der Waals surface area contributed by atoms with Gasteiger partial charge in [0.25, 0.3) is 0 Å². The van der Waals surface area contributed by atoms with Gasteiger partial charge in [0.2, 0.25) is 10.0 Å². The smallest absolute Gasteiger partial charge is 0.238 e. The molecule has 2 heterocycles. The van der Waals surface area contributed by atoms with Gasteiger partial charge >= 0.3 is 0 Å². The fourth-order valence-electron chi connectivity index (χ4n) is 2.93. The van der Waals surface area contributed by atoms with Crippen molar-refractivity contribution >= 4 is 27.1 Å². The normalized spacial score (nSPS) is 11.8. The molecule has 5 nitrogen and oxygen atoms in total. The van der Waals surface area contributed by atoms with E-state index in [1.807, 2.05) is 48.7 Å². The van der Waals surface area contributed by atoms with Gasteiger partial charge in [0, 0.05) is 27.9 Å². The number of sulfonamides is 1. The lowest BCUT2D eigenvalue weighted by molar-refractivity contribution is 0.598. The number of hydrogen-bond donors (Lipinski definition) is 1. The van der Waals surface area contributed by atoms with Crippen molar-refractivity contribution in [1.29, 1.82) is 0 Å². The van der Waals surface area contributed by atoms with Crippen molar-refractivity contribution in [2.24, 2.45) is 5.14 Å². The molecule has 0 radical (unpaired) electrons. The first-order valence-electron chi connectivity index (χ1n) is 7.80. The minimum atomic E-state index is -3.74. The molecule has 0 unspecified atom stereocenters. The maximum Gasteiger partial charge on any atom is 0.238 e. The Balaban J connectivity index is 1.99. The van der Waals surface area contributed by atoms with Gasteiger partial charge in [-0.25, -0.2) is 18.1 Å². The van der Waals surface area contributed by atoms with Crippen molar-refractivity contribution in [3.05, 3.63) is 77.9 Å². The summed E-state index contributed by atoms with van der Waals surface area (Å²) in [6, 6.07) is 19.7. The van der Waals surface area contributed by atoms with E-state index in [1.54, 1.807) is 16.6 Å². The van der Waals surface area contributed by atoms with Crippen LogP contribution in [0.15, 0.2) is 77.8 Å². The lowest BCUT2D eigenvalue weighted by Crippen LogP contribution is -2.11. The number of primary sulfonamides is 1. The average Bonchev–Trinajstić information content (AvgIpc) is 3.01. The topological polar surface area (TPSA) is 77.5 Å². The number of nitrogens with zero attached hydrogens (tertiary/aromatic N) is 2. The van der Waals surface area contributed by atoms with Crippen LogP contribution in [0, 0.1) is 0 Å². The standard InChI is InChI=1S/C19H14ClN3O2S/c20-16-6-2-1-5-15(16)18-17-7-3-4-12-23(17)22-19(18)13-8-10-14(11-9-13)26(21,24)25/h1-12H,(H2,21,24,25). The van der Waals surface area contributed by atoms with Gasteiger partial charge in [0.1, 0.15) is 5.69 Å². The third-order valence-corrected chi connectivity index (χ3v) is 5.40. The van der Waals surface area contributed by atoms with Gasteiger partial charge in [-0.3, -0.25) is 0 Å². The number of nitrogens with two attached hydrogens (primary N) is 1. The Kier molecular flexibility index (Phi) is 4.03. The summed E-state index contributed by atoms with van der Waals surface area (Å²) >= 11 is 6.43. The van der Waals surface area contributed by atoms with E-state index in [1.165, 1.54) is 12.1 Å². The quantitative estimate of drug-likeness (QED) is 0.581. The third-order valence-electron chi connectivity index (χ3n) is 4.14. The van der Waals surface area contributed by atoms with Crippen molar-refractivity contribution in [2.75, 3.05) is 0 Å². The Labute approximate surface area is 155 Å². The summed E-state index contributed by atoms with van der Waals surface area (Å²) in [6.45, 7) is 0. The molecule has 26 heavy (non-hydrogen) atoms. The molecular weight excluding hydrogens is 370 g/mol. The molecule has 0 bridgehead atoms. The van der Waals surface area contributed by atoms with E-state index in [0.717, 1.165) is 22.2 Å². The lowest BCUT2D eigenvalue weighted by atomic mass is 10.00. The van der Waals surface area contributed by atoms with Crippen LogP contribution in [-0.4, -0.2) is 18.0 Å². The molecule has 0 spiro atoms. The monoisotopic (exact) mass is 383 g/mol. The highest BCUT2D eigenvalue weighted by atomic mass is 35.5. The van der Waals surface area contributed by atoms with Gasteiger partial charge in [0.15, 0.2) is 0 Å². The number of halogens is 1. The highest BCUT2D eigenvalue weighted by molar-refractivity contribution is 7.89. The lowest BCUT2D eigenvalue weighted by Gasteiger charge is -2.06. The molecule has 130 valence electrons. The molecule has 0 fully saturated rings. The van der Waals surface area contributed by atoms with Crippen molar-refractivity contribution < 1.29 is 8.42 Å². The molecule has 7 heteroatoms. The Morgan fingerprint density at radius 2 is 1.62 bits per heavy atom. The van der Waals surface area contributed by atoms with Crippen LogP contribution < -0.4 is 5.14 Å². The Morgan fingerprint density at radius 1 is 0.923 bits per heavy atom. The van der Waals surface area contributed by atoms with E-state index in [-0.39, 0.29) is 4.90 Å². The zero-order chi connectivity index (χ0) is 18.3. The van der Waals surface area contributed by atoms with Crippen molar-refractivity contribution in [1.82, 2.24) is 9.61 Å². The van der Waals surface area contributed by atoms with Crippen LogP contribution in [0.1, 0.15) is 0 Å². The summed E-state index contributed by atoms with van der Waals surface area (Å²) in [5.74, 6) is 0. The summed E-state index contributed by atoms with van der Waals surface area (Å²) in [5, 5.41) is 10.5. The maximum atomic E-state index is 11.5. The molecule has 2 aromatic heterocycles. The summed E-state index contributed by atoms with van der Waals surface area (Å²) < 4.78 is 24.8. The highest BCUT2D eigenvalue weighted by Crippen LogP contribution is 2.38. The molecule has 0 aliphatic heterocycles. The van der Waals surface area contributed by atoms with Crippen LogP contribution in [0.4, 0.5) is 0 Å². The van der Waals surface area contributed by atoms with Crippen LogP contribution in [-0.2, 0) is 10.0 Å². The predicted octanol–water partition coefficient (Wildman–Crippen LogP) is 3.97. The van der Waals surface area contributed by atoms with Crippen molar-refractivity contribution in [3.63, 3.8) is 0 Å². The Bertz CT molecular complexity index is 1220. The van der Waals surface area contributed by atoms with Gasteiger partial charge in [0.05, 0.1) is 10.4 Å². The fourth-order valence-corrected chi connectivity index (χ4v) is 3.68. The van der Waals surface area contributed by atoms with Crippen molar-refractivity contribution in [2.45, 2.75) is 4.90 Å². The molecule has 0 atom stereocenters. The summed E-state index contributed by atoms with van der Waals surface area (Å²) in [5.41, 5.74) is 4.15. The number of pyridine rings is 1. The molecule has 2 N–H and O–H groups in total. The first kappa shape index (κ1) is 16.8. The third kappa shape index (κ3) is 2.88. The van der Waals surface area contributed by atoms with E-state index in [0.29, 0.717) is 10.7 Å². The maximum absolute atomic E-state index is 11.5. The molecule has 0 amide bonds. The minimum Gasteiger partial charge on any atom is -0.240 e. The first-order chi connectivity index (χ1) is 12.4. The van der Waals surface area contributed by atoms with Crippen LogP contribution in [0.2, 0.25) is 5.02 Å². The first-order valence-corrected chi connectivity index (χ1v) is 9.73. The molecule has 4 rings (SSSR count). The van der Waals surface area contributed by atoms with Crippen molar-refractivity contribution in [3.8, 4) is 22.4 Å². The molecule has 0 saturated carbocycles. The Hall–Kier alpha value is -2.67. The molecular formula is C19H14ClN3O2S. The van der Waals surface area contributed by atoms with E-state index < -0.39 is 10.0 Å². The number of fused-ring (bicyclic) bond motifs is 1. The van der Waals surface area contributed by atoms with E-state index in [9.17, 15) is 8.42 Å². The number of aromatic nitrogens is 2. The SMILES string of the molecule is NS(=O)(=O)c1ccc(-c2nn3ccccc3c2-c2ccccc2Cl)cc1. The largest absolute Gasteiger partial charge is 0.240 e. The second-order valence-corrected chi connectivity index (χ2v) is 7.77. The van der Waals surface area contributed by atoms with Gasteiger partial charge in [-0.1, -0.05) is 48.0 Å². The van der Waals surface area contributed by atoms with Crippen LogP contribution >= 0.6 is 11.6 Å². The zero-order valence-electron chi connectivity index (χ0n) is 13.5. The summed E-state index contributed by atoms with van der Waals surface area (Å²) in [7, 11) is -3.74. The summed E-state index contributed by atoms with van der Waals surface area (Å²) in [4.78, 5) is 0.0595. The Morgan fingerprint density at radius 3 is 2.31 bits per heavy atom. The van der Waals surface area contributed by atoms with Crippen LogP contribution in [0.3, 0.4) is 0 Å². The summed E-state index contributed by atoms with van der Waals surface area (Å²) in [6.07, 6.45) is 1.86. The van der Waals surface area contributed by atoms with E-state index >= 15 is 0 Å². The van der Waals surface area contributed by atoms with Gasteiger partial charge in [-0.15, -0.1) is 0 Å². The number of benzene rings is 2. The molecule has 0 aliphatic rings. The van der Waals surface area contributed by atoms with Crippen LogP contribution in [0.25, 0.3) is 27.9 Å². The second kappa shape index (κ2) is 6.25. The van der Waals surface area contributed by atoms with E-state index in [4.69, 9.17) is 16.7 Å². The molecule has 0 saturated heterocycles. The minimum absolute atomic E-state index is 0.0595. The zero-order valence-corrected chi connectivity index (χ0v) is 15.1. The molecule has 2 aromatic carbocycles. The second-order valence-electron chi connectivity index (χ2n) is 5.80. The van der Waals surface area contributed by atoms with E-state index in [2.05, 4.69) is 5.10 Å². The predicted molar refractivity (Wildman–Crippen MR) is 102 cm³/mol. The number of rotatable bonds is 3. The fraction of sp³-hybridized carbons (Fsp3) is 0. The number of hydrogen-bond acceptors (Lipinski definition) is 3. The van der Waals surface area contributed by atoms with Crippen LogP contribution in [0.5, 0.6) is 0 Å². The van der Waals surface area contributed by atoms with Gasteiger partial charge in [-0.2, -0.15) is 5.10 Å². The van der Waals surface area contributed by atoms with Gasteiger partial charge < -0.3 is 0 Å². The highest BCUT2D eigenvalue weighted by Gasteiger charge is 2.18. The molecule has 4 aromatic rings.